The highest BCUT2D eigenvalue weighted by atomic mass is 19.3. The molecule has 0 saturated carbocycles. The zero-order valence-electron chi connectivity index (χ0n) is 16.2. The lowest BCUT2D eigenvalue weighted by molar-refractivity contribution is -0.121. The van der Waals surface area contributed by atoms with Crippen molar-refractivity contribution in [2.75, 3.05) is 11.9 Å². The summed E-state index contributed by atoms with van der Waals surface area (Å²) in [6, 6.07) is 8.10. The van der Waals surface area contributed by atoms with Crippen LogP contribution in [0, 0.1) is 12.7 Å². The number of nitrogens with one attached hydrogen (secondary N) is 1. The molecule has 0 bridgehead atoms. The normalized spacial score (nSPS) is 13.9. The average molecular weight is 420 g/mol. The van der Waals surface area contributed by atoms with Crippen molar-refractivity contribution in [3.05, 3.63) is 64.5 Å². The third-order valence-corrected chi connectivity index (χ3v) is 4.73. The number of benzene rings is 2. The van der Waals surface area contributed by atoms with Crippen LogP contribution in [0.15, 0.2) is 42.0 Å². The van der Waals surface area contributed by atoms with Crippen molar-refractivity contribution < 1.29 is 32.6 Å². The number of hydrogen-bond acceptors (Lipinski definition) is 4. The Morgan fingerprint density at radius 1 is 1.27 bits per heavy atom. The largest absolute Gasteiger partial charge is 0.507 e. The fraction of sp³-hybridized carbons (Fsp3) is 0.238. The number of amides is 2. The molecule has 0 aromatic heterocycles. The maximum atomic E-state index is 14.0. The Bertz CT molecular complexity index is 1040. The van der Waals surface area contributed by atoms with Gasteiger partial charge in [-0.2, -0.15) is 8.78 Å². The molecule has 0 radical (unpaired) electrons. The van der Waals surface area contributed by atoms with E-state index in [1.807, 2.05) is 0 Å². The second kappa shape index (κ2) is 8.48. The molecule has 2 aromatic rings. The molecule has 2 amide bonds. The number of fused-ring (bicyclic) bond motifs is 1. The summed E-state index contributed by atoms with van der Waals surface area (Å²) in [5, 5.41) is 13.0. The van der Waals surface area contributed by atoms with Gasteiger partial charge in [-0.25, -0.2) is 4.39 Å². The number of likely N-dealkylation sites (N-methyl/N-ethyl adjacent to an activating group) is 1. The fourth-order valence-corrected chi connectivity index (χ4v) is 3.17. The molecule has 1 heterocycles. The van der Waals surface area contributed by atoms with Gasteiger partial charge in [0.25, 0.3) is 5.91 Å². The average Bonchev–Trinajstić information content (AvgIpc) is 2.80. The lowest BCUT2D eigenvalue weighted by Crippen LogP contribution is -2.31. The van der Waals surface area contributed by atoms with Gasteiger partial charge in [-0.3, -0.25) is 9.59 Å². The van der Waals surface area contributed by atoms with Crippen molar-refractivity contribution >= 4 is 23.3 Å². The number of rotatable bonds is 5. The third-order valence-electron chi connectivity index (χ3n) is 4.73. The Morgan fingerprint density at radius 3 is 2.63 bits per heavy atom. The Balaban J connectivity index is 2.12. The predicted molar refractivity (Wildman–Crippen MR) is 104 cm³/mol. The van der Waals surface area contributed by atoms with E-state index in [0.717, 1.165) is 0 Å². The van der Waals surface area contributed by atoms with Gasteiger partial charge >= 0.3 is 6.61 Å². The van der Waals surface area contributed by atoms with Crippen molar-refractivity contribution in [2.24, 2.45) is 0 Å². The molecule has 0 spiro atoms. The summed E-state index contributed by atoms with van der Waals surface area (Å²) in [4.78, 5) is 26.3. The minimum Gasteiger partial charge on any atom is -0.507 e. The van der Waals surface area contributed by atoms with Gasteiger partial charge in [0.05, 0.1) is 24.2 Å². The lowest BCUT2D eigenvalue weighted by Gasteiger charge is -2.24. The van der Waals surface area contributed by atoms with Gasteiger partial charge in [0.15, 0.2) is 0 Å². The van der Waals surface area contributed by atoms with Crippen molar-refractivity contribution in [3.63, 3.8) is 0 Å². The molecule has 158 valence electrons. The van der Waals surface area contributed by atoms with E-state index >= 15 is 0 Å². The molecule has 0 saturated heterocycles. The summed E-state index contributed by atoms with van der Waals surface area (Å²) in [7, 11) is 1.35. The number of aliphatic hydroxyl groups excluding tert-OH is 1. The molecular formula is C21H19F3N2O4. The second-order valence-corrected chi connectivity index (χ2v) is 6.70. The van der Waals surface area contributed by atoms with Crippen LogP contribution >= 0.6 is 0 Å². The Hall–Kier alpha value is -3.49. The van der Waals surface area contributed by atoms with Crippen LogP contribution in [0.1, 0.15) is 23.1 Å². The Labute approximate surface area is 170 Å². The first-order chi connectivity index (χ1) is 14.2. The third kappa shape index (κ3) is 4.24. The quantitative estimate of drug-likeness (QED) is 0.774. The smallest absolute Gasteiger partial charge is 0.387 e. The molecule has 1 aliphatic rings. The number of carbonyl (C=O) groups is 2. The molecule has 0 atom stereocenters. The maximum Gasteiger partial charge on any atom is 0.387 e. The van der Waals surface area contributed by atoms with Crippen molar-refractivity contribution in [1.29, 1.82) is 0 Å². The van der Waals surface area contributed by atoms with Crippen molar-refractivity contribution in [1.82, 2.24) is 5.32 Å². The monoisotopic (exact) mass is 420 g/mol. The first kappa shape index (κ1) is 21.2. The van der Waals surface area contributed by atoms with Crippen LogP contribution in [0.25, 0.3) is 5.76 Å². The van der Waals surface area contributed by atoms with Gasteiger partial charge in [-0.05, 0) is 36.2 Å². The molecule has 30 heavy (non-hydrogen) atoms. The molecule has 0 aliphatic carbocycles. The topological polar surface area (TPSA) is 78.9 Å². The van der Waals surface area contributed by atoms with Gasteiger partial charge in [-0.1, -0.05) is 12.1 Å². The van der Waals surface area contributed by atoms with Gasteiger partial charge in [-0.15, -0.1) is 0 Å². The van der Waals surface area contributed by atoms with Crippen molar-refractivity contribution in [3.8, 4) is 5.75 Å². The maximum absolute atomic E-state index is 14.0. The molecule has 0 unspecified atom stereocenters. The minimum atomic E-state index is -3.09. The van der Waals surface area contributed by atoms with Crippen LogP contribution in [0.4, 0.5) is 18.9 Å². The SMILES string of the molecule is CNC(=O)C1=C(O)c2ccc(OC(F)F)cc2N(Cc2ccc(C)c(F)c2)C(=O)C1. The molecule has 6 nitrogen and oxygen atoms in total. The summed E-state index contributed by atoms with van der Waals surface area (Å²) in [6.45, 7) is -1.60. The summed E-state index contributed by atoms with van der Waals surface area (Å²) in [6.07, 6.45) is -0.431. The summed E-state index contributed by atoms with van der Waals surface area (Å²) < 4.78 is 43.7. The van der Waals surface area contributed by atoms with Crippen LogP contribution in [-0.4, -0.2) is 30.6 Å². The van der Waals surface area contributed by atoms with Gasteiger partial charge in [0, 0.05) is 18.7 Å². The number of ether oxygens (including phenoxy) is 1. The van der Waals surface area contributed by atoms with E-state index in [4.69, 9.17) is 0 Å². The van der Waals surface area contributed by atoms with E-state index in [9.17, 15) is 27.9 Å². The summed E-state index contributed by atoms with van der Waals surface area (Å²) in [5.74, 6) is -2.36. The van der Waals surface area contributed by atoms with Crippen LogP contribution in [0.5, 0.6) is 5.75 Å². The second-order valence-electron chi connectivity index (χ2n) is 6.70. The number of alkyl halides is 2. The molecule has 9 heteroatoms. The van der Waals surface area contributed by atoms with E-state index < -0.39 is 36.4 Å². The lowest BCUT2D eigenvalue weighted by atomic mass is 10.0. The van der Waals surface area contributed by atoms with Crippen LogP contribution < -0.4 is 15.0 Å². The Morgan fingerprint density at radius 2 is 2.00 bits per heavy atom. The number of halogens is 3. The molecular weight excluding hydrogens is 401 g/mol. The van der Waals surface area contributed by atoms with Gasteiger partial charge in [0.2, 0.25) is 5.91 Å². The summed E-state index contributed by atoms with van der Waals surface area (Å²) in [5.41, 5.74) is 0.865. The number of aryl methyl sites for hydroxylation is 1. The molecule has 0 fully saturated rings. The first-order valence-corrected chi connectivity index (χ1v) is 9.00. The summed E-state index contributed by atoms with van der Waals surface area (Å²) >= 11 is 0. The highest BCUT2D eigenvalue weighted by molar-refractivity contribution is 6.10. The number of carbonyl (C=O) groups excluding carboxylic acids is 2. The molecule has 2 aromatic carbocycles. The molecule has 2 N–H and O–H groups in total. The standard InChI is InChI=1S/C21H19F3N2O4/c1-11-3-4-12(7-16(11)22)10-26-17-8-13(30-21(23)24)5-6-14(17)19(28)15(9-18(26)27)20(29)25-2/h3-8,21,28H,9-10H2,1-2H3,(H,25,29). The number of hydrogen-bond donors (Lipinski definition) is 2. The van der Waals surface area contributed by atoms with Crippen molar-refractivity contribution in [2.45, 2.75) is 26.5 Å². The van der Waals surface area contributed by atoms with Gasteiger partial charge < -0.3 is 20.1 Å². The molecule has 3 rings (SSSR count). The van der Waals surface area contributed by atoms with E-state index in [0.29, 0.717) is 11.1 Å². The fourth-order valence-electron chi connectivity index (χ4n) is 3.17. The van der Waals surface area contributed by atoms with Crippen LogP contribution in [0.2, 0.25) is 0 Å². The minimum absolute atomic E-state index is 0.0653. The number of anilines is 1. The first-order valence-electron chi connectivity index (χ1n) is 9.00. The van der Waals surface area contributed by atoms with E-state index in [1.165, 1.54) is 36.2 Å². The highest BCUT2D eigenvalue weighted by Crippen LogP contribution is 2.37. The highest BCUT2D eigenvalue weighted by Gasteiger charge is 2.31. The van der Waals surface area contributed by atoms with E-state index in [-0.39, 0.29) is 29.1 Å². The zero-order chi connectivity index (χ0) is 22.0. The zero-order valence-corrected chi connectivity index (χ0v) is 16.2. The van der Waals surface area contributed by atoms with E-state index in [1.54, 1.807) is 19.1 Å². The predicted octanol–water partition coefficient (Wildman–Crippen LogP) is 3.69. The Kier molecular flexibility index (Phi) is 6.00. The number of aliphatic hydroxyl groups is 1. The van der Waals surface area contributed by atoms with Crippen LogP contribution in [0.3, 0.4) is 0 Å². The van der Waals surface area contributed by atoms with Crippen LogP contribution in [-0.2, 0) is 16.1 Å². The van der Waals surface area contributed by atoms with E-state index in [2.05, 4.69) is 10.1 Å². The number of nitrogens with zero attached hydrogens (tertiary/aromatic N) is 1. The molecule has 1 aliphatic heterocycles. The van der Waals surface area contributed by atoms with Gasteiger partial charge in [0.1, 0.15) is 17.3 Å².